The fourth-order valence-electron chi connectivity index (χ4n) is 1.23. The lowest BCUT2D eigenvalue weighted by molar-refractivity contribution is -0.138. The van der Waals surface area contributed by atoms with Crippen LogP contribution in [0, 0.1) is 5.82 Å². The van der Waals surface area contributed by atoms with Crippen LogP contribution in [0.1, 0.15) is 18.5 Å². The third-order valence-electron chi connectivity index (χ3n) is 1.93. The molecule has 1 atom stereocenters. The number of aliphatic carboxylic acids is 1. The van der Waals surface area contributed by atoms with Gasteiger partial charge in [0.05, 0.1) is 0 Å². The van der Waals surface area contributed by atoms with Crippen molar-refractivity contribution in [2.24, 2.45) is 5.73 Å². The summed E-state index contributed by atoms with van der Waals surface area (Å²) in [6, 6.07) is 2.00. The molecule has 0 radical (unpaired) electrons. The lowest BCUT2D eigenvalue weighted by Crippen LogP contribution is -2.23. The molecular weight excluding hydrogens is 215 g/mol. The van der Waals surface area contributed by atoms with E-state index in [1.807, 2.05) is 0 Å². The normalized spacial score (nSPS) is 11.9. The Morgan fingerprint density at radius 2 is 2.12 bits per heavy atom. The van der Waals surface area contributed by atoms with Gasteiger partial charge < -0.3 is 16.2 Å². The Hall–Kier alpha value is -1.95. The molecule has 0 bridgehead atoms. The summed E-state index contributed by atoms with van der Waals surface area (Å²) in [5.74, 6) is -2.29. The zero-order chi connectivity index (χ0) is 12.3. The van der Waals surface area contributed by atoms with E-state index in [-0.39, 0.29) is 17.2 Å². The van der Waals surface area contributed by atoms with Crippen molar-refractivity contribution in [2.75, 3.05) is 5.32 Å². The molecule has 6 heteroatoms. The number of hydrogen-bond donors (Lipinski definition) is 3. The van der Waals surface area contributed by atoms with Gasteiger partial charge in [-0.25, -0.2) is 4.39 Å². The number of amides is 1. The molecule has 5 nitrogen and oxygen atoms in total. The van der Waals surface area contributed by atoms with Crippen LogP contribution in [0.4, 0.5) is 10.1 Å². The van der Waals surface area contributed by atoms with E-state index in [1.165, 1.54) is 13.0 Å². The average Bonchev–Trinajstić information content (AvgIpc) is 2.18. The predicted octanol–water partition coefficient (Wildman–Crippen LogP) is 0.868. The van der Waals surface area contributed by atoms with Crippen molar-refractivity contribution in [3.63, 3.8) is 0 Å². The van der Waals surface area contributed by atoms with Crippen LogP contribution in [0.25, 0.3) is 0 Å². The van der Waals surface area contributed by atoms with Crippen molar-refractivity contribution in [2.45, 2.75) is 13.0 Å². The van der Waals surface area contributed by atoms with Crippen LogP contribution in [0.5, 0.6) is 0 Å². The molecule has 0 aromatic heterocycles. The van der Waals surface area contributed by atoms with Gasteiger partial charge in [0.15, 0.2) is 0 Å². The maximum Gasteiger partial charge on any atom is 0.325 e. The molecule has 1 amide bonds. The Labute approximate surface area is 91.1 Å². The van der Waals surface area contributed by atoms with Crippen LogP contribution >= 0.6 is 0 Å². The second-order valence-corrected chi connectivity index (χ2v) is 3.23. The average molecular weight is 226 g/mol. The standard InChI is InChI=1S/C10H11FN2O3/c1-5(14)13-8-3-2-6(11)4-7(8)9(12)10(15)16/h2-4,9H,12H2,1H3,(H,13,14)(H,15,16)/t9-/m0/s1. The third-order valence-corrected chi connectivity index (χ3v) is 1.93. The maximum absolute atomic E-state index is 12.9. The van der Waals surface area contributed by atoms with Gasteiger partial charge in [-0.15, -0.1) is 0 Å². The van der Waals surface area contributed by atoms with Gasteiger partial charge >= 0.3 is 5.97 Å². The highest BCUT2D eigenvalue weighted by atomic mass is 19.1. The number of carboxylic acid groups (broad SMARTS) is 1. The van der Waals surface area contributed by atoms with Gasteiger partial charge in [0.2, 0.25) is 5.91 Å². The molecule has 0 fully saturated rings. The van der Waals surface area contributed by atoms with Gasteiger partial charge in [-0.3, -0.25) is 9.59 Å². The van der Waals surface area contributed by atoms with E-state index in [2.05, 4.69) is 5.32 Å². The summed E-state index contributed by atoms with van der Waals surface area (Å²) in [4.78, 5) is 21.5. The summed E-state index contributed by atoms with van der Waals surface area (Å²) in [7, 11) is 0. The molecule has 0 aliphatic rings. The Kier molecular flexibility index (Phi) is 3.57. The van der Waals surface area contributed by atoms with Crippen molar-refractivity contribution >= 4 is 17.6 Å². The van der Waals surface area contributed by atoms with E-state index in [0.29, 0.717) is 0 Å². The summed E-state index contributed by atoms with van der Waals surface area (Å²) in [5.41, 5.74) is 5.59. The molecule has 16 heavy (non-hydrogen) atoms. The highest BCUT2D eigenvalue weighted by Gasteiger charge is 2.19. The van der Waals surface area contributed by atoms with Gasteiger partial charge in [0.1, 0.15) is 11.9 Å². The van der Waals surface area contributed by atoms with E-state index in [9.17, 15) is 14.0 Å². The minimum atomic E-state index is -1.38. The summed E-state index contributed by atoms with van der Waals surface area (Å²) < 4.78 is 12.9. The van der Waals surface area contributed by atoms with Gasteiger partial charge in [-0.2, -0.15) is 0 Å². The second-order valence-electron chi connectivity index (χ2n) is 3.23. The lowest BCUT2D eigenvalue weighted by Gasteiger charge is -2.13. The van der Waals surface area contributed by atoms with Crippen molar-refractivity contribution in [3.05, 3.63) is 29.6 Å². The topological polar surface area (TPSA) is 92.4 Å². The molecule has 0 aliphatic carbocycles. The number of carboxylic acids is 1. The highest BCUT2D eigenvalue weighted by molar-refractivity contribution is 5.91. The third kappa shape index (κ3) is 2.77. The second kappa shape index (κ2) is 4.71. The largest absolute Gasteiger partial charge is 0.480 e. The number of halogens is 1. The summed E-state index contributed by atoms with van der Waals surface area (Å²) in [5, 5.41) is 11.1. The zero-order valence-corrected chi connectivity index (χ0v) is 8.53. The molecule has 4 N–H and O–H groups in total. The van der Waals surface area contributed by atoms with Crippen molar-refractivity contribution in [1.82, 2.24) is 0 Å². The van der Waals surface area contributed by atoms with Crippen LogP contribution in [0.15, 0.2) is 18.2 Å². The number of rotatable bonds is 3. The van der Waals surface area contributed by atoms with Gasteiger partial charge in [0, 0.05) is 18.2 Å². The molecule has 0 unspecified atom stereocenters. The van der Waals surface area contributed by atoms with E-state index in [4.69, 9.17) is 10.8 Å². The summed E-state index contributed by atoms with van der Waals surface area (Å²) in [6.07, 6.45) is 0. The number of benzene rings is 1. The molecular formula is C10H11FN2O3. The number of hydrogen-bond acceptors (Lipinski definition) is 3. The molecule has 0 heterocycles. The van der Waals surface area contributed by atoms with E-state index >= 15 is 0 Å². The first-order chi connectivity index (χ1) is 7.41. The van der Waals surface area contributed by atoms with Crippen LogP contribution in [-0.2, 0) is 9.59 Å². The Bertz CT molecular complexity index is 434. The Morgan fingerprint density at radius 1 is 1.50 bits per heavy atom. The quantitative estimate of drug-likeness (QED) is 0.712. The first-order valence-corrected chi connectivity index (χ1v) is 4.47. The number of carbonyl (C=O) groups is 2. The minimum Gasteiger partial charge on any atom is -0.480 e. The fourth-order valence-corrected chi connectivity index (χ4v) is 1.23. The number of anilines is 1. The first-order valence-electron chi connectivity index (χ1n) is 4.47. The van der Waals surface area contributed by atoms with Crippen molar-refractivity contribution in [3.8, 4) is 0 Å². The number of carbonyl (C=O) groups excluding carboxylic acids is 1. The van der Waals surface area contributed by atoms with Crippen molar-refractivity contribution in [1.29, 1.82) is 0 Å². The van der Waals surface area contributed by atoms with Crippen LogP contribution in [0.2, 0.25) is 0 Å². The zero-order valence-electron chi connectivity index (χ0n) is 8.53. The molecule has 0 saturated heterocycles. The van der Waals surface area contributed by atoms with Crippen LogP contribution in [0.3, 0.4) is 0 Å². The summed E-state index contributed by atoms with van der Waals surface area (Å²) >= 11 is 0. The van der Waals surface area contributed by atoms with E-state index in [0.717, 1.165) is 12.1 Å². The summed E-state index contributed by atoms with van der Waals surface area (Å²) in [6.45, 7) is 1.26. The molecule has 86 valence electrons. The van der Waals surface area contributed by atoms with Gasteiger partial charge in [-0.1, -0.05) is 0 Å². The first kappa shape index (κ1) is 12.1. The maximum atomic E-state index is 12.9. The van der Waals surface area contributed by atoms with Crippen LogP contribution < -0.4 is 11.1 Å². The van der Waals surface area contributed by atoms with Gasteiger partial charge in [-0.05, 0) is 18.2 Å². The smallest absolute Gasteiger partial charge is 0.325 e. The molecule has 1 aromatic carbocycles. The van der Waals surface area contributed by atoms with Crippen LogP contribution in [-0.4, -0.2) is 17.0 Å². The molecule has 1 aromatic rings. The predicted molar refractivity (Wildman–Crippen MR) is 55.3 cm³/mol. The SMILES string of the molecule is CC(=O)Nc1ccc(F)cc1[C@H](N)C(=O)O. The molecule has 0 spiro atoms. The Balaban J connectivity index is 3.17. The minimum absolute atomic E-state index is 0.0303. The molecule has 1 rings (SSSR count). The van der Waals surface area contributed by atoms with E-state index in [1.54, 1.807) is 0 Å². The van der Waals surface area contributed by atoms with E-state index < -0.39 is 17.8 Å². The Morgan fingerprint density at radius 3 is 2.62 bits per heavy atom. The fraction of sp³-hybridized carbons (Fsp3) is 0.200. The number of nitrogens with two attached hydrogens (primary N) is 1. The molecule has 0 saturated carbocycles. The lowest BCUT2D eigenvalue weighted by atomic mass is 10.1. The monoisotopic (exact) mass is 226 g/mol. The van der Waals surface area contributed by atoms with Crippen molar-refractivity contribution < 1.29 is 19.1 Å². The molecule has 0 aliphatic heterocycles. The number of nitrogens with one attached hydrogen (secondary N) is 1. The highest BCUT2D eigenvalue weighted by Crippen LogP contribution is 2.22. The van der Waals surface area contributed by atoms with Gasteiger partial charge in [0.25, 0.3) is 0 Å².